The molecular weight excluding hydrogens is 340 g/mol. The number of aryl methyl sites for hydroxylation is 1. The molecule has 1 aromatic heterocycles. The minimum atomic E-state index is -0.266. The molecule has 8 heteroatoms. The Balaban J connectivity index is 1.50. The van der Waals surface area contributed by atoms with Gasteiger partial charge in [0.25, 0.3) is 0 Å². The monoisotopic (exact) mass is 362 g/mol. The number of benzene rings is 1. The number of rotatable bonds is 7. The van der Waals surface area contributed by atoms with Gasteiger partial charge in [0.1, 0.15) is 0 Å². The van der Waals surface area contributed by atoms with Crippen molar-refractivity contribution in [2.45, 2.75) is 44.1 Å². The van der Waals surface area contributed by atoms with E-state index in [1.165, 1.54) is 17.3 Å². The minimum absolute atomic E-state index is 0.0463. The highest BCUT2D eigenvalue weighted by Gasteiger charge is 2.20. The van der Waals surface area contributed by atoms with Gasteiger partial charge in [0.2, 0.25) is 5.91 Å². The van der Waals surface area contributed by atoms with Gasteiger partial charge in [-0.2, -0.15) is 0 Å². The first-order chi connectivity index (χ1) is 12.1. The molecule has 2 N–H and O–H groups in total. The van der Waals surface area contributed by atoms with Gasteiger partial charge >= 0.3 is 5.69 Å². The molecule has 0 bridgehead atoms. The maximum atomic E-state index is 12.0. The first kappa shape index (κ1) is 17.8. The van der Waals surface area contributed by atoms with E-state index in [9.17, 15) is 9.59 Å². The van der Waals surface area contributed by atoms with Crippen molar-refractivity contribution in [3.8, 4) is 0 Å². The number of hydrogen-bond acceptors (Lipinski definition) is 5. The SMILES string of the molecule is Cc1ccc(CNC(=O)CSc2n[nH]c(=O)n2CC2CCCO2)cc1. The molecule has 25 heavy (non-hydrogen) atoms. The summed E-state index contributed by atoms with van der Waals surface area (Å²) in [6.07, 6.45) is 2.00. The fraction of sp³-hybridized carbons (Fsp3) is 0.471. The molecule has 0 saturated carbocycles. The summed E-state index contributed by atoms with van der Waals surface area (Å²) < 4.78 is 7.12. The smallest absolute Gasteiger partial charge is 0.344 e. The average molecular weight is 362 g/mol. The Morgan fingerprint density at radius 1 is 1.44 bits per heavy atom. The van der Waals surface area contributed by atoms with Crippen LogP contribution in [0.2, 0.25) is 0 Å². The highest BCUT2D eigenvalue weighted by molar-refractivity contribution is 7.99. The second-order valence-electron chi connectivity index (χ2n) is 6.11. The predicted molar refractivity (Wildman–Crippen MR) is 95.6 cm³/mol. The highest BCUT2D eigenvalue weighted by Crippen LogP contribution is 2.17. The quantitative estimate of drug-likeness (QED) is 0.728. The number of carbonyl (C=O) groups excluding carboxylic acids is 1. The third-order valence-electron chi connectivity index (χ3n) is 4.08. The Labute approximate surface area is 150 Å². The fourth-order valence-corrected chi connectivity index (χ4v) is 3.44. The summed E-state index contributed by atoms with van der Waals surface area (Å²) in [6, 6.07) is 8.03. The standard InChI is InChI=1S/C17H22N4O3S/c1-12-4-6-13(7-5-12)9-18-15(22)11-25-17-20-19-16(23)21(17)10-14-3-2-8-24-14/h4-7,14H,2-3,8-11H2,1H3,(H,18,22)(H,19,23). The van der Waals surface area contributed by atoms with E-state index in [1.54, 1.807) is 4.57 Å². The van der Waals surface area contributed by atoms with Gasteiger partial charge in [-0.1, -0.05) is 41.6 Å². The third kappa shape index (κ3) is 4.96. The number of nitrogens with zero attached hydrogens (tertiary/aromatic N) is 2. The van der Waals surface area contributed by atoms with Gasteiger partial charge in [0, 0.05) is 13.2 Å². The summed E-state index contributed by atoms with van der Waals surface area (Å²) >= 11 is 1.25. The largest absolute Gasteiger partial charge is 0.376 e. The number of ether oxygens (including phenoxy) is 1. The molecule has 134 valence electrons. The Morgan fingerprint density at radius 3 is 2.96 bits per heavy atom. The van der Waals surface area contributed by atoms with Crippen LogP contribution in [0.5, 0.6) is 0 Å². The number of H-pyrrole nitrogens is 1. The third-order valence-corrected chi connectivity index (χ3v) is 5.05. The molecule has 1 aromatic carbocycles. The van der Waals surface area contributed by atoms with Gasteiger partial charge in [-0.3, -0.25) is 9.36 Å². The van der Waals surface area contributed by atoms with Crippen LogP contribution in [-0.4, -0.2) is 39.1 Å². The Morgan fingerprint density at radius 2 is 2.24 bits per heavy atom. The predicted octanol–water partition coefficient (Wildman–Crippen LogP) is 1.47. The molecular formula is C17H22N4O3S. The molecule has 1 atom stereocenters. The maximum absolute atomic E-state index is 12.0. The van der Waals surface area contributed by atoms with Crippen LogP contribution >= 0.6 is 11.8 Å². The average Bonchev–Trinajstić information content (AvgIpc) is 3.24. The summed E-state index contributed by atoms with van der Waals surface area (Å²) in [6.45, 7) is 3.73. The van der Waals surface area contributed by atoms with Crippen molar-refractivity contribution in [1.29, 1.82) is 0 Å². The van der Waals surface area contributed by atoms with Crippen LogP contribution in [0.25, 0.3) is 0 Å². The lowest BCUT2D eigenvalue weighted by atomic mass is 10.1. The lowest BCUT2D eigenvalue weighted by molar-refractivity contribution is -0.118. The molecule has 1 unspecified atom stereocenters. The number of aromatic nitrogens is 3. The van der Waals surface area contributed by atoms with Crippen LogP contribution in [0.4, 0.5) is 0 Å². The lowest BCUT2D eigenvalue weighted by Crippen LogP contribution is -2.26. The zero-order valence-electron chi connectivity index (χ0n) is 14.2. The summed E-state index contributed by atoms with van der Waals surface area (Å²) in [5.41, 5.74) is 1.98. The van der Waals surface area contributed by atoms with Gasteiger partial charge < -0.3 is 10.1 Å². The topological polar surface area (TPSA) is 89.0 Å². The van der Waals surface area contributed by atoms with E-state index in [1.807, 2.05) is 31.2 Å². The molecule has 3 rings (SSSR count). The first-order valence-electron chi connectivity index (χ1n) is 8.33. The van der Waals surface area contributed by atoms with Crippen molar-refractivity contribution in [2.24, 2.45) is 0 Å². The Hall–Kier alpha value is -2.06. The molecule has 2 aromatic rings. The van der Waals surface area contributed by atoms with Crippen LogP contribution in [0.1, 0.15) is 24.0 Å². The molecule has 0 aliphatic carbocycles. The number of amides is 1. The second-order valence-corrected chi connectivity index (χ2v) is 7.05. The van der Waals surface area contributed by atoms with Gasteiger partial charge in [-0.25, -0.2) is 9.89 Å². The number of aromatic amines is 1. The second kappa shape index (κ2) is 8.35. The Kier molecular flexibility index (Phi) is 5.93. The molecule has 1 aliphatic rings. The number of thioether (sulfide) groups is 1. The van der Waals surface area contributed by atoms with Crippen LogP contribution in [0, 0.1) is 6.92 Å². The van der Waals surface area contributed by atoms with Gasteiger partial charge in [0.05, 0.1) is 18.4 Å². The van der Waals surface area contributed by atoms with E-state index < -0.39 is 0 Å². The van der Waals surface area contributed by atoms with Gasteiger partial charge in [-0.15, -0.1) is 5.10 Å². The van der Waals surface area contributed by atoms with Crippen molar-refractivity contribution in [3.63, 3.8) is 0 Å². The molecule has 7 nitrogen and oxygen atoms in total. The summed E-state index contributed by atoms with van der Waals surface area (Å²) in [7, 11) is 0. The van der Waals surface area contributed by atoms with E-state index in [4.69, 9.17) is 4.74 Å². The van der Waals surface area contributed by atoms with Crippen LogP contribution in [0.15, 0.2) is 34.2 Å². The number of nitrogens with one attached hydrogen (secondary N) is 2. The normalized spacial score (nSPS) is 16.9. The summed E-state index contributed by atoms with van der Waals surface area (Å²) in [5.74, 6) is 0.117. The fourth-order valence-electron chi connectivity index (χ4n) is 2.65. The van der Waals surface area contributed by atoms with E-state index in [0.29, 0.717) is 18.2 Å². The minimum Gasteiger partial charge on any atom is -0.376 e. The molecule has 1 amide bonds. The summed E-state index contributed by atoms with van der Waals surface area (Å²) in [5, 5.41) is 9.86. The highest BCUT2D eigenvalue weighted by atomic mass is 32.2. The van der Waals surface area contributed by atoms with Crippen molar-refractivity contribution < 1.29 is 9.53 Å². The molecule has 1 saturated heterocycles. The molecule has 1 fully saturated rings. The van der Waals surface area contributed by atoms with Crippen molar-refractivity contribution >= 4 is 17.7 Å². The van der Waals surface area contributed by atoms with Crippen LogP contribution < -0.4 is 11.0 Å². The van der Waals surface area contributed by atoms with E-state index in [-0.39, 0.29) is 23.5 Å². The number of carbonyl (C=O) groups is 1. The van der Waals surface area contributed by atoms with Gasteiger partial charge in [-0.05, 0) is 25.3 Å². The molecule has 0 radical (unpaired) electrons. The maximum Gasteiger partial charge on any atom is 0.344 e. The van der Waals surface area contributed by atoms with Crippen molar-refractivity contribution in [2.75, 3.05) is 12.4 Å². The molecule has 0 spiro atoms. The van der Waals surface area contributed by atoms with Crippen LogP contribution in [0.3, 0.4) is 0 Å². The molecule has 1 aliphatic heterocycles. The number of hydrogen-bond donors (Lipinski definition) is 2. The van der Waals surface area contributed by atoms with Crippen LogP contribution in [-0.2, 0) is 22.6 Å². The zero-order valence-corrected chi connectivity index (χ0v) is 15.0. The molecule has 2 heterocycles. The van der Waals surface area contributed by atoms with E-state index >= 15 is 0 Å². The van der Waals surface area contributed by atoms with E-state index in [2.05, 4.69) is 15.5 Å². The van der Waals surface area contributed by atoms with Crippen molar-refractivity contribution in [3.05, 3.63) is 45.9 Å². The zero-order chi connectivity index (χ0) is 17.6. The lowest BCUT2D eigenvalue weighted by Gasteiger charge is -2.11. The summed E-state index contributed by atoms with van der Waals surface area (Å²) in [4.78, 5) is 23.9. The van der Waals surface area contributed by atoms with Crippen molar-refractivity contribution in [1.82, 2.24) is 20.1 Å². The Bertz CT molecular complexity index is 763. The van der Waals surface area contributed by atoms with E-state index in [0.717, 1.165) is 25.0 Å². The van der Waals surface area contributed by atoms with Gasteiger partial charge in [0.15, 0.2) is 5.16 Å². The first-order valence-corrected chi connectivity index (χ1v) is 9.32.